The summed E-state index contributed by atoms with van der Waals surface area (Å²) >= 11 is 0. The van der Waals surface area contributed by atoms with Crippen LogP contribution >= 0.6 is 0 Å². The Hall–Kier alpha value is -1.57. The molecule has 0 fully saturated rings. The molecule has 0 radical (unpaired) electrons. The zero-order valence-corrected chi connectivity index (χ0v) is 9.07. The summed E-state index contributed by atoms with van der Waals surface area (Å²) < 4.78 is 0. The van der Waals surface area contributed by atoms with Gasteiger partial charge in [0.1, 0.15) is 0 Å². The van der Waals surface area contributed by atoms with Gasteiger partial charge in [0.05, 0.1) is 6.04 Å². The highest BCUT2D eigenvalue weighted by Crippen LogP contribution is 2.03. The first-order chi connectivity index (χ1) is 7.26. The predicted octanol–water partition coefficient (Wildman–Crippen LogP) is 2.31. The van der Waals surface area contributed by atoms with Crippen molar-refractivity contribution < 1.29 is 4.79 Å². The minimum Gasteiger partial charge on any atom is -0.350 e. The number of carbonyl (C=O) groups excluding carboxylic acids is 1. The van der Waals surface area contributed by atoms with Crippen LogP contribution < -0.4 is 5.32 Å². The topological polar surface area (TPSA) is 29.1 Å². The lowest BCUT2D eigenvalue weighted by molar-refractivity contribution is -0.121. The zero-order valence-electron chi connectivity index (χ0n) is 9.07. The van der Waals surface area contributed by atoms with Gasteiger partial charge in [0.15, 0.2) is 0 Å². The fourth-order valence-electron chi connectivity index (χ4n) is 1.37. The van der Waals surface area contributed by atoms with Crippen LogP contribution in [-0.2, 0) is 11.2 Å². The number of amides is 1. The van der Waals surface area contributed by atoms with Crippen LogP contribution in [0.5, 0.6) is 0 Å². The molecule has 2 heteroatoms. The van der Waals surface area contributed by atoms with E-state index in [1.807, 2.05) is 25.1 Å². The van der Waals surface area contributed by atoms with Gasteiger partial charge in [-0.3, -0.25) is 4.79 Å². The Kier molecular flexibility index (Phi) is 4.61. The van der Waals surface area contributed by atoms with E-state index in [-0.39, 0.29) is 11.9 Å². The summed E-state index contributed by atoms with van der Waals surface area (Å²) in [7, 11) is 0. The average molecular weight is 203 g/mol. The number of benzene rings is 1. The molecule has 1 atom stereocenters. The van der Waals surface area contributed by atoms with Crippen LogP contribution in [0, 0.1) is 0 Å². The van der Waals surface area contributed by atoms with E-state index in [9.17, 15) is 4.79 Å². The number of rotatable bonds is 5. The molecular formula is C13H17NO. The molecular weight excluding hydrogens is 186 g/mol. The second-order valence-electron chi connectivity index (χ2n) is 3.45. The predicted molar refractivity (Wildman–Crippen MR) is 62.6 cm³/mol. The van der Waals surface area contributed by atoms with Gasteiger partial charge >= 0.3 is 0 Å². The van der Waals surface area contributed by atoms with E-state index in [0.717, 1.165) is 6.42 Å². The molecule has 1 amide bonds. The SMILES string of the molecule is C=C[C@H](Cc1ccccc1)NC(=O)CC. The molecule has 0 aliphatic heterocycles. The van der Waals surface area contributed by atoms with Crippen molar-refractivity contribution in [3.63, 3.8) is 0 Å². The van der Waals surface area contributed by atoms with Gasteiger partial charge in [-0.15, -0.1) is 6.58 Å². The molecule has 0 heterocycles. The lowest BCUT2D eigenvalue weighted by Gasteiger charge is -2.14. The van der Waals surface area contributed by atoms with Crippen LogP contribution in [0.3, 0.4) is 0 Å². The van der Waals surface area contributed by atoms with Crippen molar-refractivity contribution in [1.82, 2.24) is 5.32 Å². The number of carbonyl (C=O) groups is 1. The number of nitrogens with one attached hydrogen (secondary N) is 1. The van der Waals surface area contributed by atoms with Gasteiger partial charge in [0.25, 0.3) is 0 Å². The molecule has 0 aliphatic carbocycles. The second kappa shape index (κ2) is 6.02. The maximum absolute atomic E-state index is 11.2. The largest absolute Gasteiger partial charge is 0.350 e. The molecule has 0 bridgehead atoms. The normalized spacial score (nSPS) is 11.8. The lowest BCUT2D eigenvalue weighted by Crippen LogP contribution is -2.34. The van der Waals surface area contributed by atoms with Gasteiger partial charge in [-0.1, -0.05) is 43.3 Å². The Balaban J connectivity index is 2.54. The highest BCUT2D eigenvalue weighted by Gasteiger charge is 2.07. The standard InChI is InChI=1S/C13H17NO/c1-3-12(14-13(15)4-2)10-11-8-6-5-7-9-11/h3,5-9,12H,1,4,10H2,2H3,(H,14,15)/t12-/m1/s1. The van der Waals surface area contributed by atoms with Crippen LogP contribution in [0.4, 0.5) is 0 Å². The van der Waals surface area contributed by atoms with Gasteiger partial charge < -0.3 is 5.32 Å². The first kappa shape index (κ1) is 11.5. The van der Waals surface area contributed by atoms with E-state index in [2.05, 4.69) is 24.0 Å². The summed E-state index contributed by atoms with van der Waals surface area (Å²) in [6.45, 7) is 5.58. The Bertz CT molecular complexity index is 319. The molecule has 0 unspecified atom stereocenters. The molecule has 0 saturated heterocycles. The van der Waals surface area contributed by atoms with Crippen molar-refractivity contribution in [2.24, 2.45) is 0 Å². The number of hydrogen-bond acceptors (Lipinski definition) is 1. The molecule has 1 N–H and O–H groups in total. The van der Waals surface area contributed by atoms with E-state index in [0.29, 0.717) is 6.42 Å². The fraction of sp³-hybridized carbons (Fsp3) is 0.308. The van der Waals surface area contributed by atoms with E-state index in [4.69, 9.17) is 0 Å². The quantitative estimate of drug-likeness (QED) is 0.731. The third-order valence-corrected chi connectivity index (χ3v) is 2.25. The van der Waals surface area contributed by atoms with Gasteiger partial charge in [0, 0.05) is 6.42 Å². The van der Waals surface area contributed by atoms with Crippen LogP contribution in [0.2, 0.25) is 0 Å². The smallest absolute Gasteiger partial charge is 0.220 e. The van der Waals surface area contributed by atoms with E-state index in [1.54, 1.807) is 6.08 Å². The third kappa shape index (κ3) is 3.98. The molecule has 0 aliphatic rings. The minimum atomic E-state index is 0.0276. The molecule has 0 spiro atoms. The van der Waals surface area contributed by atoms with E-state index in [1.165, 1.54) is 5.56 Å². The lowest BCUT2D eigenvalue weighted by atomic mass is 10.1. The van der Waals surface area contributed by atoms with E-state index < -0.39 is 0 Å². The molecule has 0 saturated carbocycles. The monoisotopic (exact) mass is 203 g/mol. The molecule has 1 rings (SSSR count). The molecule has 2 nitrogen and oxygen atoms in total. The Labute approximate surface area is 91.0 Å². The summed E-state index contributed by atoms with van der Waals surface area (Å²) in [6.07, 6.45) is 3.09. The third-order valence-electron chi connectivity index (χ3n) is 2.25. The van der Waals surface area contributed by atoms with Gasteiger partial charge in [-0.2, -0.15) is 0 Å². The van der Waals surface area contributed by atoms with Crippen molar-refractivity contribution in [3.05, 3.63) is 48.6 Å². The van der Waals surface area contributed by atoms with Crippen molar-refractivity contribution in [3.8, 4) is 0 Å². The summed E-state index contributed by atoms with van der Waals surface area (Å²) in [6, 6.07) is 10.1. The van der Waals surface area contributed by atoms with Gasteiger partial charge in [-0.05, 0) is 12.0 Å². The molecule has 0 aromatic heterocycles. The second-order valence-corrected chi connectivity index (χ2v) is 3.45. The van der Waals surface area contributed by atoms with Crippen molar-refractivity contribution >= 4 is 5.91 Å². The van der Waals surface area contributed by atoms with Crippen LogP contribution in [0.15, 0.2) is 43.0 Å². The first-order valence-corrected chi connectivity index (χ1v) is 5.22. The van der Waals surface area contributed by atoms with Crippen LogP contribution in [-0.4, -0.2) is 11.9 Å². The highest BCUT2D eigenvalue weighted by molar-refractivity contribution is 5.76. The highest BCUT2D eigenvalue weighted by atomic mass is 16.1. The van der Waals surface area contributed by atoms with Crippen LogP contribution in [0.1, 0.15) is 18.9 Å². The van der Waals surface area contributed by atoms with Gasteiger partial charge in [0.2, 0.25) is 5.91 Å². The maximum Gasteiger partial charge on any atom is 0.220 e. The Morgan fingerprint density at radius 3 is 2.67 bits per heavy atom. The Morgan fingerprint density at radius 2 is 2.13 bits per heavy atom. The van der Waals surface area contributed by atoms with Crippen LogP contribution in [0.25, 0.3) is 0 Å². The number of hydrogen-bond donors (Lipinski definition) is 1. The zero-order chi connectivity index (χ0) is 11.1. The first-order valence-electron chi connectivity index (χ1n) is 5.22. The van der Waals surface area contributed by atoms with E-state index >= 15 is 0 Å². The summed E-state index contributed by atoms with van der Waals surface area (Å²) in [5.74, 6) is 0.0656. The molecule has 80 valence electrons. The van der Waals surface area contributed by atoms with Crippen molar-refractivity contribution in [2.75, 3.05) is 0 Å². The Morgan fingerprint density at radius 1 is 1.47 bits per heavy atom. The fourth-order valence-corrected chi connectivity index (χ4v) is 1.37. The molecule has 1 aromatic rings. The molecule has 15 heavy (non-hydrogen) atoms. The summed E-state index contributed by atoms with van der Waals surface area (Å²) in [4.78, 5) is 11.2. The van der Waals surface area contributed by atoms with Crippen molar-refractivity contribution in [1.29, 1.82) is 0 Å². The average Bonchev–Trinajstić information content (AvgIpc) is 2.29. The summed E-state index contributed by atoms with van der Waals surface area (Å²) in [5, 5.41) is 2.91. The minimum absolute atomic E-state index is 0.0276. The van der Waals surface area contributed by atoms with Crippen molar-refractivity contribution in [2.45, 2.75) is 25.8 Å². The molecule has 1 aromatic carbocycles. The van der Waals surface area contributed by atoms with Gasteiger partial charge in [-0.25, -0.2) is 0 Å². The summed E-state index contributed by atoms with van der Waals surface area (Å²) in [5.41, 5.74) is 1.21. The maximum atomic E-state index is 11.2.